The fraction of sp³-hybridized carbons (Fsp3) is 0.462. The molecule has 1 rings (SSSR count). The quantitative estimate of drug-likeness (QED) is 0.827. The molecule has 0 aliphatic rings. The van der Waals surface area contributed by atoms with Crippen molar-refractivity contribution in [1.29, 1.82) is 0 Å². The summed E-state index contributed by atoms with van der Waals surface area (Å²) < 4.78 is 10.6. The van der Waals surface area contributed by atoms with Crippen molar-refractivity contribution in [3.63, 3.8) is 0 Å². The number of halogens is 1. The Bertz CT molecular complexity index is 434. The van der Waals surface area contributed by atoms with Crippen LogP contribution in [0.2, 0.25) is 5.02 Å². The second kappa shape index (κ2) is 6.50. The van der Waals surface area contributed by atoms with Gasteiger partial charge < -0.3 is 14.4 Å². The molecule has 0 atom stereocenters. The van der Waals surface area contributed by atoms with Crippen molar-refractivity contribution in [1.82, 2.24) is 4.90 Å². The minimum Gasteiger partial charge on any atom is -0.493 e. The average molecular weight is 272 g/mol. The van der Waals surface area contributed by atoms with Crippen molar-refractivity contribution < 1.29 is 14.3 Å². The van der Waals surface area contributed by atoms with Gasteiger partial charge in [-0.2, -0.15) is 0 Å². The van der Waals surface area contributed by atoms with E-state index in [1.165, 1.54) is 7.11 Å². The van der Waals surface area contributed by atoms with Crippen LogP contribution in [0.4, 0.5) is 0 Å². The number of ether oxygens (including phenoxy) is 2. The van der Waals surface area contributed by atoms with Crippen molar-refractivity contribution in [3.05, 3.63) is 22.7 Å². The molecule has 0 aromatic heterocycles. The Morgan fingerprint density at radius 3 is 2.56 bits per heavy atom. The van der Waals surface area contributed by atoms with E-state index in [1.54, 1.807) is 24.1 Å². The number of methoxy groups -OCH3 is 1. The van der Waals surface area contributed by atoms with E-state index >= 15 is 0 Å². The summed E-state index contributed by atoms with van der Waals surface area (Å²) >= 11 is 6.11. The molecule has 0 heterocycles. The molecule has 1 aromatic carbocycles. The van der Waals surface area contributed by atoms with Gasteiger partial charge in [-0.25, -0.2) is 0 Å². The third-order valence-corrected chi connectivity index (χ3v) is 2.87. The molecule has 4 nitrogen and oxygen atoms in total. The standard InChI is InChI=1S/C13H18ClNO3/c1-5-15(3)13(16)9-7-10(14)12(18-6-2)11(8-9)17-4/h7-8H,5-6H2,1-4H3. The van der Waals surface area contributed by atoms with Crippen LogP contribution >= 0.6 is 11.6 Å². The summed E-state index contributed by atoms with van der Waals surface area (Å²) in [6.07, 6.45) is 0. The first-order valence-electron chi connectivity index (χ1n) is 5.80. The minimum absolute atomic E-state index is 0.0965. The molecule has 0 saturated heterocycles. The van der Waals surface area contributed by atoms with Crippen LogP contribution in [0.25, 0.3) is 0 Å². The van der Waals surface area contributed by atoms with Gasteiger partial charge in [0, 0.05) is 19.2 Å². The lowest BCUT2D eigenvalue weighted by Gasteiger charge is -2.17. The smallest absolute Gasteiger partial charge is 0.253 e. The highest BCUT2D eigenvalue weighted by Gasteiger charge is 2.17. The van der Waals surface area contributed by atoms with E-state index in [2.05, 4.69) is 0 Å². The van der Waals surface area contributed by atoms with E-state index in [4.69, 9.17) is 21.1 Å². The lowest BCUT2D eigenvalue weighted by atomic mass is 10.1. The van der Waals surface area contributed by atoms with Gasteiger partial charge in [-0.3, -0.25) is 4.79 Å². The number of carbonyl (C=O) groups excluding carboxylic acids is 1. The maximum atomic E-state index is 12.0. The fourth-order valence-corrected chi connectivity index (χ4v) is 1.76. The topological polar surface area (TPSA) is 38.8 Å². The van der Waals surface area contributed by atoms with E-state index in [-0.39, 0.29) is 5.91 Å². The zero-order valence-corrected chi connectivity index (χ0v) is 11.9. The van der Waals surface area contributed by atoms with Gasteiger partial charge in [0.05, 0.1) is 18.7 Å². The second-order valence-electron chi connectivity index (χ2n) is 3.74. The van der Waals surface area contributed by atoms with Gasteiger partial charge in [0.2, 0.25) is 0 Å². The first-order chi connectivity index (χ1) is 8.54. The molecule has 0 aliphatic heterocycles. The molecule has 1 aromatic rings. The summed E-state index contributed by atoms with van der Waals surface area (Å²) in [6.45, 7) is 4.88. The summed E-state index contributed by atoms with van der Waals surface area (Å²) in [7, 11) is 3.26. The third-order valence-electron chi connectivity index (χ3n) is 2.59. The van der Waals surface area contributed by atoms with E-state index in [0.29, 0.717) is 35.2 Å². The summed E-state index contributed by atoms with van der Waals surface area (Å²) in [5.41, 5.74) is 0.490. The Morgan fingerprint density at radius 2 is 2.06 bits per heavy atom. The van der Waals surface area contributed by atoms with Crippen LogP contribution in [0.1, 0.15) is 24.2 Å². The average Bonchev–Trinajstić information content (AvgIpc) is 2.39. The number of nitrogens with zero attached hydrogens (tertiary/aromatic N) is 1. The van der Waals surface area contributed by atoms with Crippen molar-refractivity contribution >= 4 is 17.5 Å². The van der Waals surface area contributed by atoms with Crippen LogP contribution < -0.4 is 9.47 Å². The lowest BCUT2D eigenvalue weighted by molar-refractivity contribution is 0.0802. The van der Waals surface area contributed by atoms with Crippen LogP contribution in [-0.2, 0) is 0 Å². The highest BCUT2D eigenvalue weighted by Crippen LogP contribution is 2.36. The maximum Gasteiger partial charge on any atom is 0.253 e. The van der Waals surface area contributed by atoms with Gasteiger partial charge in [0.1, 0.15) is 0 Å². The monoisotopic (exact) mass is 271 g/mol. The third kappa shape index (κ3) is 3.07. The van der Waals surface area contributed by atoms with Crippen LogP contribution in [0.3, 0.4) is 0 Å². The Labute approximate surface area is 112 Å². The molecule has 18 heavy (non-hydrogen) atoms. The van der Waals surface area contributed by atoms with E-state index in [9.17, 15) is 4.79 Å². The van der Waals surface area contributed by atoms with Gasteiger partial charge in [-0.05, 0) is 26.0 Å². The van der Waals surface area contributed by atoms with Crippen molar-refractivity contribution in [2.75, 3.05) is 27.3 Å². The number of carbonyl (C=O) groups is 1. The summed E-state index contributed by atoms with van der Waals surface area (Å²) in [4.78, 5) is 13.6. The predicted octanol–water partition coefficient (Wildman–Crippen LogP) is 2.84. The molecule has 0 aliphatic carbocycles. The number of amides is 1. The number of rotatable bonds is 5. The SMILES string of the molecule is CCOc1c(Cl)cc(C(=O)N(C)CC)cc1OC. The molecular weight excluding hydrogens is 254 g/mol. The van der Waals surface area contributed by atoms with Crippen LogP contribution in [0, 0.1) is 0 Å². The Morgan fingerprint density at radius 1 is 1.39 bits per heavy atom. The van der Waals surface area contributed by atoms with Gasteiger partial charge >= 0.3 is 0 Å². The first kappa shape index (κ1) is 14.6. The first-order valence-corrected chi connectivity index (χ1v) is 6.18. The maximum absolute atomic E-state index is 12.0. The molecule has 0 saturated carbocycles. The van der Waals surface area contributed by atoms with Crippen molar-refractivity contribution in [2.45, 2.75) is 13.8 Å². The molecule has 5 heteroatoms. The number of hydrogen-bond donors (Lipinski definition) is 0. The zero-order valence-electron chi connectivity index (χ0n) is 11.1. The van der Waals surface area contributed by atoms with E-state index in [0.717, 1.165) is 0 Å². The molecule has 0 N–H and O–H groups in total. The summed E-state index contributed by atoms with van der Waals surface area (Å²) in [6, 6.07) is 3.24. The summed E-state index contributed by atoms with van der Waals surface area (Å²) in [5, 5.41) is 0.379. The molecule has 100 valence electrons. The number of benzene rings is 1. The van der Waals surface area contributed by atoms with Gasteiger partial charge in [-0.1, -0.05) is 11.6 Å². The molecule has 0 spiro atoms. The Kier molecular flexibility index (Phi) is 5.28. The zero-order chi connectivity index (χ0) is 13.7. The van der Waals surface area contributed by atoms with Crippen LogP contribution in [0.15, 0.2) is 12.1 Å². The predicted molar refractivity (Wildman–Crippen MR) is 71.8 cm³/mol. The normalized spacial score (nSPS) is 10.1. The van der Waals surface area contributed by atoms with Crippen LogP contribution in [-0.4, -0.2) is 38.1 Å². The lowest BCUT2D eigenvalue weighted by Crippen LogP contribution is -2.26. The molecule has 0 bridgehead atoms. The molecule has 0 fully saturated rings. The molecule has 0 unspecified atom stereocenters. The van der Waals surface area contributed by atoms with Crippen molar-refractivity contribution in [2.24, 2.45) is 0 Å². The Balaban J connectivity index is 3.18. The van der Waals surface area contributed by atoms with Crippen molar-refractivity contribution in [3.8, 4) is 11.5 Å². The van der Waals surface area contributed by atoms with E-state index in [1.807, 2.05) is 13.8 Å². The molecule has 0 radical (unpaired) electrons. The highest BCUT2D eigenvalue weighted by atomic mass is 35.5. The van der Waals surface area contributed by atoms with E-state index < -0.39 is 0 Å². The number of hydrogen-bond acceptors (Lipinski definition) is 3. The van der Waals surface area contributed by atoms with Gasteiger partial charge in [0.15, 0.2) is 11.5 Å². The summed E-state index contributed by atoms with van der Waals surface area (Å²) in [5.74, 6) is 0.843. The largest absolute Gasteiger partial charge is 0.493 e. The fourth-order valence-electron chi connectivity index (χ4n) is 1.49. The Hall–Kier alpha value is -1.42. The minimum atomic E-state index is -0.0965. The second-order valence-corrected chi connectivity index (χ2v) is 4.15. The van der Waals surface area contributed by atoms with Gasteiger partial charge in [-0.15, -0.1) is 0 Å². The molecular formula is C13H18ClNO3. The molecule has 1 amide bonds. The van der Waals surface area contributed by atoms with Gasteiger partial charge in [0.25, 0.3) is 5.91 Å². The highest BCUT2D eigenvalue weighted by molar-refractivity contribution is 6.32. The van der Waals surface area contributed by atoms with Crippen LogP contribution in [0.5, 0.6) is 11.5 Å².